The Kier molecular flexibility index (Phi) is 6.41. The van der Waals surface area contributed by atoms with Crippen molar-refractivity contribution >= 4 is 39.8 Å². The number of fused-ring (bicyclic) bond motifs is 1. The van der Waals surface area contributed by atoms with Crippen molar-refractivity contribution in [1.29, 1.82) is 0 Å². The van der Waals surface area contributed by atoms with Gasteiger partial charge in [0.25, 0.3) is 5.91 Å². The third-order valence-corrected chi connectivity index (χ3v) is 7.66. The molecule has 0 aliphatic heterocycles. The Morgan fingerprint density at radius 1 is 0.968 bits per heavy atom. The number of anilines is 2. The number of carboxylic acids is 1. The van der Waals surface area contributed by atoms with Crippen LogP contribution in [0.3, 0.4) is 0 Å². The minimum atomic E-state index is -0.914. The van der Waals surface area contributed by atoms with Crippen molar-refractivity contribution in [3.05, 3.63) is 45.8 Å². The van der Waals surface area contributed by atoms with Gasteiger partial charge in [-0.05, 0) is 62.6 Å². The van der Waals surface area contributed by atoms with Crippen LogP contribution in [0.5, 0.6) is 0 Å². The molecule has 6 nitrogen and oxygen atoms in total. The second-order valence-electron chi connectivity index (χ2n) is 8.51. The van der Waals surface area contributed by atoms with Crippen molar-refractivity contribution in [3.63, 3.8) is 0 Å². The number of aryl methyl sites for hydroxylation is 2. The van der Waals surface area contributed by atoms with E-state index in [2.05, 4.69) is 10.6 Å². The highest BCUT2D eigenvalue weighted by molar-refractivity contribution is 7.17. The molecule has 0 unspecified atom stereocenters. The third kappa shape index (κ3) is 4.51. The predicted molar refractivity (Wildman–Crippen MR) is 122 cm³/mol. The molecule has 1 fully saturated rings. The zero-order valence-corrected chi connectivity index (χ0v) is 18.5. The fourth-order valence-electron chi connectivity index (χ4n) is 4.74. The number of para-hydroxylation sites is 1. The maximum atomic E-state index is 13.3. The number of aliphatic carboxylic acids is 1. The lowest BCUT2D eigenvalue weighted by Crippen LogP contribution is -2.36. The topological polar surface area (TPSA) is 95.5 Å². The van der Waals surface area contributed by atoms with Gasteiger partial charge in [-0.15, -0.1) is 11.3 Å². The number of carboxylic acid groups (broad SMARTS) is 1. The van der Waals surface area contributed by atoms with Crippen molar-refractivity contribution in [3.8, 4) is 0 Å². The normalized spacial score (nSPS) is 20.5. The molecule has 2 aromatic rings. The zero-order valence-electron chi connectivity index (χ0n) is 17.7. The summed E-state index contributed by atoms with van der Waals surface area (Å²) in [6, 6.07) is 7.61. The van der Waals surface area contributed by atoms with E-state index in [1.165, 1.54) is 11.3 Å². The minimum Gasteiger partial charge on any atom is -0.481 e. The van der Waals surface area contributed by atoms with Crippen molar-refractivity contribution in [1.82, 2.24) is 0 Å². The number of benzene rings is 1. The first-order valence-corrected chi connectivity index (χ1v) is 11.8. The highest BCUT2D eigenvalue weighted by Gasteiger charge is 2.37. The molecule has 0 radical (unpaired) electrons. The van der Waals surface area contributed by atoms with Crippen LogP contribution in [0.2, 0.25) is 0 Å². The van der Waals surface area contributed by atoms with E-state index in [0.717, 1.165) is 60.2 Å². The van der Waals surface area contributed by atoms with Crippen molar-refractivity contribution in [2.75, 3.05) is 10.6 Å². The smallest absolute Gasteiger partial charge is 0.307 e. The van der Waals surface area contributed by atoms with E-state index in [4.69, 9.17) is 0 Å². The van der Waals surface area contributed by atoms with Crippen LogP contribution in [0, 0.1) is 18.8 Å². The summed E-state index contributed by atoms with van der Waals surface area (Å²) in [5.41, 5.74) is 3.28. The van der Waals surface area contributed by atoms with Gasteiger partial charge in [0.2, 0.25) is 5.91 Å². The fourth-order valence-corrected chi connectivity index (χ4v) is 6.03. The molecule has 1 aromatic carbocycles. The molecule has 1 saturated carbocycles. The second-order valence-corrected chi connectivity index (χ2v) is 9.61. The average Bonchev–Trinajstić information content (AvgIpc) is 3.13. The quantitative estimate of drug-likeness (QED) is 0.608. The number of hydrogen-bond donors (Lipinski definition) is 3. The summed E-state index contributed by atoms with van der Waals surface area (Å²) >= 11 is 1.47. The predicted octanol–water partition coefficient (Wildman–Crippen LogP) is 5.02. The number of rotatable bonds is 5. The molecule has 0 bridgehead atoms. The number of hydrogen-bond acceptors (Lipinski definition) is 4. The highest BCUT2D eigenvalue weighted by Crippen LogP contribution is 2.40. The maximum Gasteiger partial charge on any atom is 0.307 e. The molecule has 31 heavy (non-hydrogen) atoms. The van der Waals surface area contributed by atoms with E-state index >= 15 is 0 Å². The van der Waals surface area contributed by atoms with Gasteiger partial charge in [-0.1, -0.05) is 31.0 Å². The first-order chi connectivity index (χ1) is 15.0. The van der Waals surface area contributed by atoms with Gasteiger partial charge in [-0.2, -0.15) is 0 Å². The van der Waals surface area contributed by atoms with Crippen LogP contribution < -0.4 is 10.6 Å². The van der Waals surface area contributed by atoms with Crippen molar-refractivity contribution < 1.29 is 19.5 Å². The van der Waals surface area contributed by atoms with Crippen molar-refractivity contribution in [2.45, 2.75) is 58.3 Å². The van der Waals surface area contributed by atoms with Crippen LogP contribution in [-0.2, 0) is 22.4 Å². The number of amides is 2. The Labute approximate surface area is 186 Å². The summed E-state index contributed by atoms with van der Waals surface area (Å²) in [5, 5.41) is 16.1. The van der Waals surface area contributed by atoms with Gasteiger partial charge in [-0.25, -0.2) is 0 Å². The average molecular weight is 441 g/mol. The standard InChI is InChI=1S/C24H28N2O4S/c1-14-8-2-6-12-18(14)25-22(28)20-17-11-5-7-13-19(17)31-23(20)26-21(27)15-9-3-4-10-16(15)24(29)30/h2,6,8,12,15-16H,3-5,7,9-11,13H2,1H3,(H,25,28)(H,26,27)(H,29,30)/t15-,16-/m0/s1. The molecule has 3 N–H and O–H groups in total. The maximum absolute atomic E-state index is 13.3. The summed E-state index contributed by atoms with van der Waals surface area (Å²) in [4.78, 5) is 39.2. The summed E-state index contributed by atoms with van der Waals surface area (Å²) in [6.45, 7) is 1.94. The SMILES string of the molecule is Cc1ccccc1NC(=O)c1c(NC(=O)[C@H]2CCCC[C@@H]2C(=O)O)sc2c1CCCC2. The molecule has 1 heterocycles. The van der Waals surface area contributed by atoms with E-state index in [-0.39, 0.29) is 11.8 Å². The first kappa shape index (κ1) is 21.6. The largest absolute Gasteiger partial charge is 0.481 e. The van der Waals surface area contributed by atoms with E-state index in [9.17, 15) is 19.5 Å². The van der Waals surface area contributed by atoms with E-state index in [1.54, 1.807) is 0 Å². The monoisotopic (exact) mass is 440 g/mol. The zero-order chi connectivity index (χ0) is 22.0. The third-order valence-electron chi connectivity index (χ3n) is 6.45. The molecular weight excluding hydrogens is 412 g/mol. The Hall–Kier alpha value is -2.67. The van der Waals surface area contributed by atoms with Gasteiger partial charge in [0.1, 0.15) is 5.00 Å². The molecule has 2 atom stereocenters. The van der Waals surface area contributed by atoms with Gasteiger partial charge in [0, 0.05) is 10.6 Å². The van der Waals surface area contributed by atoms with Crippen LogP contribution >= 0.6 is 11.3 Å². The van der Waals surface area contributed by atoms with Gasteiger partial charge >= 0.3 is 5.97 Å². The molecular formula is C24H28N2O4S. The van der Waals surface area contributed by atoms with E-state index in [0.29, 0.717) is 23.4 Å². The van der Waals surface area contributed by atoms with Gasteiger partial charge in [0.05, 0.1) is 17.4 Å². The highest BCUT2D eigenvalue weighted by atomic mass is 32.1. The number of nitrogens with one attached hydrogen (secondary N) is 2. The first-order valence-electron chi connectivity index (χ1n) is 11.0. The Morgan fingerprint density at radius 2 is 1.68 bits per heavy atom. The molecule has 0 saturated heterocycles. The fraction of sp³-hybridized carbons (Fsp3) is 0.458. The Bertz CT molecular complexity index is 1010. The molecule has 164 valence electrons. The van der Waals surface area contributed by atoms with Crippen LogP contribution in [0.15, 0.2) is 24.3 Å². The van der Waals surface area contributed by atoms with Crippen molar-refractivity contribution in [2.24, 2.45) is 11.8 Å². The lowest BCUT2D eigenvalue weighted by atomic mass is 9.78. The second kappa shape index (κ2) is 9.22. The van der Waals surface area contributed by atoms with Gasteiger partial charge in [-0.3, -0.25) is 14.4 Å². The molecule has 2 amide bonds. The molecule has 1 aromatic heterocycles. The number of carbonyl (C=O) groups excluding carboxylic acids is 2. The molecule has 0 spiro atoms. The summed E-state index contributed by atoms with van der Waals surface area (Å²) in [7, 11) is 0. The number of carbonyl (C=O) groups is 3. The molecule has 2 aliphatic rings. The van der Waals surface area contributed by atoms with Crippen LogP contribution in [-0.4, -0.2) is 22.9 Å². The lowest BCUT2D eigenvalue weighted by molar-refractivity contribution is -0.147. The molecule has 7 heteroatoms. The van der Waals surface area contributed by atoms with Crippen LogP contribution in [0.4, 0.5) is 10.7 Å². The summed E-state index contributed by atoms with van der Waals surface area (Å²) < 4.78 is 0. The molecule has 2 aliphatic carbocycles. The number of thiophene rings is 1. The van der Waals surface area contributed by atoms with E-state index < -0.39 is 17.8 Å². The Morgan fingerprint density at radius 3 is 2.42 bits per heavy atom. The van der Waals surface area contributed by atoms with Crippen LogP contribution in [0.25, 0.3) is 0 Å². The molecule has 4 rings (SSSR count). The Balaban J connectivity index is 1.62. The lowest BCUT2D eigenvalue weighted by Gasteiger charge is -2.27. The summed E-state index contributed by atoms with van der Waals surface area (Å²) in [6.07, 6.45) is 6.59. The summed E-state index contributed by atoms with van der Waals surface area (Å²) in [5.74, 6) is -2.63. The van der Waals surface area contributed by atoms with Crippen LogP contribution in [0.1, 0.15) is 64.9 Å². The minimum absolute atomic E-state index is 0.220. The van der Waals surface area contributed by atoms with Gasteiger partial charge in [0.15, 0.2) is 0 Å². The van der Waals surface area contributed by atoms with Gasteiger partial charge < -0.3 is 15.7 Å². The van der Waals surface area contributed by atoms with E-state index in [1.807, 2.05) is 31.2 Å².